The van der Waals surface area contributed by atoms with Crippen molar-refractivity contribution in [2.75, 3.05) is 23.9 Å². The molecule has 1 aromatic heterocycles. The van der Waals surface area contributed by atoms with Gasteiger partial charge in [-0.15, -0.1) is 0 Å². The molecule has 1 unspecified atom stereocenters. The minimum Gasteiger partial charge on any atom is -0.338 e. The molecule has 1 fully saturated rings. The third kappa shape index (κ3) is 3.93. The third-order valence-electron chi connectivity index (χ3n) is 4.10. The van der Waals surface area contributed by atoms with Crippen LogP contribution in [0.25, 0.3) is 0 Å². The number of benzene rings is 1. The number of rotatable bonds is 4. The van der Waals surface area contributed by atoms with Gasteiger partial charge in [-0.2, -0.15) is 0 Å². The lowest BCUT2D eigenvalue weighted by atomic mass is 10.2. The average Bonchev–Trinajstić information content (AvgIpc) is 2.96. The zero-order valence-corrected chi connectivity index (χ0v) is 14.3. The van der Waals surface area contributed by atoms with Gasteiger partial charge in [0.25, 0.3) is 5.91 Å². The fourth-order valence-electron chi connectivity index (χ4n) is 2.67. The second kappa shape index (κ2) is 6.75. The first-order valence-electron chi connectivity index (χ1n) is 7.67. The zero-order chi connectivity index (χ0) is 18.0. The smallest absolute Gasteiger partial charge is 0.272 e. The molecule has 1 amide bonds. The predicted octanol–water partition coefficient (Wildman–Crippen LogP) is 1.62. The van der Waals surface area contributed by atoms with Gasteiger partial charge in [-0.05, 0) is 18.6 Å². The number of nitrogens with zero attached hydrogens (tertiary/aromatic N) is 3. The molecule has 2 aromatic rings. The van der Waals surface area contributed by atoms with Gasteiger partial charge in [-0.1, -0.05) is 12.1 Å². The van der Waals surface area contributed by atoms with Gasteiger partial charge >= 0.3 is 0 Å². The van der Waals surface area contributed by atoms with Crippen LogP contribution in [0, 0.1) is 5.82 Å². The van der Waals surface area contributed by atoms with Crippen LogP contribution in [0.2, 0.25) is 0 Å². The van der Waals surface area contributed by atoms with Gasteiger partial charge in [0.1, 0.15) is 23.7 Å². The van der Waals surface area contributed by atoms with Gasteiger partial charge in [0.2, 0.25) is 0 Å². The van der Waals surface area contributed by atoms with E-state index in [1.807, 2.05) is 0 Å². The Labute approximate surface area is 144 Å². The van der Waals surface area contributed by atoms with Crippen molar-refractivity contribution in [1.82, 2.24) is 14.9 Å². The summed E-state index contributed by atoms with van der Waals surface area (Å²) in [6, 6.07) is 7.15. The molecule has 0 spiro atoms. The first kappa shape index (κ1) is 17.3. The Morgan fingerprint density at radius 3 is 2.76 bits per heavy atom. The SMILES string of the molecule is CN(C(=O)c1cc(Nc2ccccc2F)ncn1)C1CCS(=O)(=O)C1. The van der Waals surface area contributed by atoms with E-state index in [1.54, 1.807) is 25.2 Å². The minimum absolute atomic E-state index is 0.0410. The number of aromatic nitrogens is 2. The molecule has 0 bridgehead atoms. The Morgan fingerprint density at radius 2 is 2.08 bits per heavy atom. The molecule has 7 nitrogen and oxygen atoms in total. The van der Waals surface area contributed by atoms with Gasteiger partial charge < -0.3 is 10.2 Å². The third-order valence-corrected chi connectivity index (χ3v) is 5.85. The van der Waals surface area contributed by atoms with Gasteiger partial charge in [-0.25, -0.2) is 22.8 Å². The molecule has 0 radical (unpaired) electrons. The quantitative estimate of drug-likeness (QED) is 0.886. The second-order valence-corrected chi connectivity index (χ2v) is 8.09. The lowest BCUT2D eigenvalue weighted by Gasteiger charge is -2.23. The van der Waals surface area contributed by atoms with E-state index in [1.165, 1.54) is 23.4 Å². The summed E-state index contributed by atoms with van der Waals surface area (Å²) in [5, 5.41) is 2.80. The van der Waals surface area contributed by atoms with E-state index in [0.717, 1.165) is 0 Å². The van der Waals surface area contributed by atoms with E-state index in [0.29, 0.717) is 6.42 Å². The molecule has 3 rings (SSSR count). The van der Waals surface area contributed by atoms with Crippen molar-refractivity contribution in [3.63, 3.8) is 0 Å². The fourth-order valence-corrected chi connectivity index (χ4v) is 4.44. The van der Waals surface area contributed by atoms with Crippen LogP contribution < -0.4 is 5.32 Å². The summed E-state index contributed by atoms with van der Waals surface area (Å²) in [5.41, 5.74) is 0.343. The van der Waals surface area contributed by atoms with Crippen LogP contribution in [-0.2, 0) is 9.84 Å². The van der Waals surface area contributed by atoms with Crippen LogP contribution in [-0.4, -0.2) is 53.8 Å². The highest BCUT2D eigenvalue weighted by Crippen LogP contribution is 2.20. The van der Waals surface area contributed by atoms with Crippen molar-refractivity contribution in [2.24, 2.45) is 0 Å². The van der Waals surface area contributed by atoms with E-state index in [9.17, 15) is 17.6 Å². The molecular formula is C16H17FN4O3S. The van der Waals surface area contributed by atoms with E-state index in [2.05, 4.69) is 15.3 Å². The normalized spacial score (nSPS) is 18.7. The number of carbonyl (C=O) groups excluding carboxylic acids is 1. The van der Waals surface area contributed by atoms with Gasteiger partial charge in [-0.3, -0.25) is 4.79 Å². The molecule has 1 saturated heterocycles. The van der Waals surface area contributed by atoms with Crippen molar-refractivity contribution < 1.29 is 17.6 Å². The molecule has 25 heavy (non-hydrogen) atoms. The number of hydrogen-bond donors (Lipinski definition) is 1. The molecule has 1 aliphatic rings. The first-order chi connectivity index (χ1) is 11.9. The first-order valence-corrected chi connectivity index (χ1v) is 9.49. The summed E-state index contributed by atoms with van der Waals surface area (Å²) >= 11 is 0. The minimum atomic E-state index is -3.09. The van der Waals surface area contributed by atoms with Crippen LogP contribution in [0.1, 0.15) is 16.9 Å². The Bertz CT molecular complexity index is 904. The average molecular weight is 364 g/mol. The highest BCUT2D eigenvalue weighted by Gasteiger charge is 2.33. The standard InChI is InChI=1S/C16H17FN4O3S/c1-21(11-6-7-25(23,24)9-11)16(22)14-8-15(19-10-18-14)20-13-5-3-2-4-12(13)17/h2-5,8,10-11H,6-7,9H2,1H3,(H,18,19,20). The molecule has 2 heterocycles. The van der Waals surface area contributed by atoms with Gasteiger partial charge in [0, 0.05) is 19.2 Å². The maximum atomic E-state index is 13.7. The van der Waals surface area contributed by atoms with Crippen LogP contribution >= 0.6 is 0 Å². The number of carbonyl (C=O) groups is 1. The topological polar surface area (TPSA) is 92.3 Å². The maximum Gasteiger partial charge on any atom is 0.272 e. The number of anilines is 2. The van der Waals surface area contributed by atoms with Crippen molar-refractivity contribution in [3.05, 3.63) is 48.2 Å². The molecule has 1 aliphatic heterocycles. The predicted molar refractivity (Wildman–Crippen MR) is 90.9 cm³/mol. The van der Waals surface area contributed by atoms with E-state index < -0.39 is 21.6 Å². The number of amides is 1. The summed E-state index contributed by atoms with van der Waals surface area (Å²) in [6.07, 6.45) is 1.62. The summed E-state index contributed by atoms with van der Waals surface area (Å²) in [7, 11) is -1.54. The van der Waals surface area contributed by atoms with Gasteiger partial charge in [0.15, 0.2) is 9.84 Å². The Hall–Kier alpha value is -2.55. The van der Waals surface area contributed by atoms with Crippen LogP contribution in [0.15, 0.2) is 36.7 Å². The van der Waals surface area contributed by atoms with Crippen LogP contribution in [0.3, 0.4) is 0 Å². The van der Waals surface area contributed by atoms with Crippen LogP contribution in [0.4, 0.5) is 15.9 Å². The maximum absolute atomic E-state index is 13.7. The molecule has 1 N–H and O–H groups in total. The summed E-state index contributed by atoms with van der Waals surface area (Å²) < 4.78 is 36.9. The van der Waals surface area contributed by atoms with Crippen LogP contribution in [0.5, 0.6) is 0 Å². The van der Waals surface area contributed by atoms with Crippen molar-refractivity contribution >= 4 is 27.2 Å². The summed E-state index contributed by atoms with van der Waals surface area (Å²) in [6.45, 7) is 0. The Morgan fingerprint density at radius 1 is 1.32 bits per heavy atom. The highest BCUT2D eigenvalue weighted by molar-refractivity contribution is 7.91. The lowest BCUT2D eigenvalue weighted by molar-refractivity contribution is 0.0741. The molecule has 1 atom stereocenters. The molecule has 0 saturated carbocycles. The number of para-hydroxylation sites is 1. The Balaban J connectivity index is 1.77. The molecule has 0 aliphatic carbocycles. The Kier molecular flexibility index (Phi) is 4.67. The van der Waals surface area contributed by atoms with Crippen molar-refractivity contribution in [1.29, 1.82) is 0 Å². The number of sulfone groups is 1. The summed E-state index contributed by atoms with van der Waals surface area (Å²) in [5.74, 6) is -0.529. The monoisotopic (exact) mass is 364 g/mol. The number of hydrogen-bond acceptors (Lipinski definition) is 6. The number of nitrogens with one attached hydrogen (secondary N) is 1. The van der Waals surface area contributed by atoms with Crippen molar-refractivity contribution in [2.45, 2.75) is 12.5 Å². The highest BCUT2D eigenvalue weighted by atomic mass is 32.2. The second-order valence-electron chi connectivity index (χ2n) is 5.87. The largest absolute Gasteiger partial charge is 0.338 e. The molecule has 1 aromatic carbocycles. The van der Waals surface area contributed by atoms with E-state index >= 15 is 0 Å². The molecule has 9 heteroatoms. The van der Waals surface area contributed by atoms with Gasteiger partial charge in [0.05, 0.1) is 17.2 Å². The number of halogens is 1. The summed E-state index contributed by atoms with van der Waals surface area (Å²) in [4.78, 5) is 21.9. The zero-order valence-electron chi connectivity index (χ0n) is 13.5. The van der Waals surface area contributed by atoms with E-state index in [-0.39, 0.29) is 34.7 Å². The molecule has 132 valence electrons. The van der Waals surface area contributed by atoms with E-state index in [4.69, 9.17) is 0 Å². The fraction of sp³-hybridized carbons (Fsp3) is 0.312. The molecular weight excluding hydrogens is 347 g/mol. The lowest BCUT2D eigenvalue weighted by Crippen LogP contribution is -2.38. The van der Waals surface area contributed by atoms with Crippen molar-refractivity contribution in [3.8, 4) is 0 Å².